The molecular weight excluding hydrogens is 511 g/mol. The minimum atomic E-state index is -1.20. The molecule has 0 fully saturated rings. The smallest absolute Gasteiger partial charge is 0.356 e. The molecule has 178 valence electrons. The predicted molar refractivity (Wildman–Crippen MR) is 140 cm³/mol. The van der Waals surface area contributed by atoms with Gasteiger partial charge in [0.25, 0.3) is 11.5 Å². The van der Waals surface area contributed by atoms with E-state index in [9.17, 15) is 14.4 Å². The number of benzene rings is 3. The molecule has 0 aliphatic heterocycles. The van der Waals surface area contributed by atoms with Crippen molar-refractivity contribution in [2.45, 2.75) is 13.0 Å². The van der Waals surface area contributed by atoms with Gasteiger partial charge in [-0.2, -0.15) is 0 Å². The van der Waals surface area contributed by atoms with Crippen LogP contribution in [0.2, 0.25) is 15.1 Å². The number of aromatic nitrogens is 1. The fraction of sp³-hybridized carbons (Fsp3) is 0.115. The Labute approximate surface area is 216 Å². The van der Waals surface area contributed by atoms with Crippen LogP contribution in [0.15, 0.2) is 71.5 Å². The van der Waals surface area contributed by atoms with Crippen LogP contribution in [0, 0.1) is 0 Å². The van der Waals surface area contributed by atoms with Gasteiger partial charge in [-0.3, -0.25) is 9.59 Å². The number of hydrogen-bond donors (Lipinski definition) is 1. The lowest BCUT2D eigenvalue weighted by Gasteiger charge is -2.19. The van der Waals surface area contributed by atoms with E-state index in [1.54, 1.807) is 60.7 Å². The normalized spacial score (nSPS) is 11.8. The van der Waals surface area contributed by atoms with E-state index >= 15 is 0 Å². The van der Waals surface area contributed by atoms with E-state index in [2.05, 4.69) is 5.32 Å². The third-order valence-electron chi connectivity index (χ3n) is 5.47. The van der Waals surface area contributed by atoms with Crippen molar-refractivity contribution < 1.29 is 14.3 Å². The van der Waals surface area contributed by atoms with E-state index in [1.807, 2.05) is 0 Å². The minimum absolute atomic E-state index is 0.0106. The number of nitrogens with zero attached hydrogens (tertiary/aromatic N) is 1. The zero-order valence-electron chi connectivity index (χ0n) is 18.6. The maximum atomic E-state index is 13.4. The molecule has 0 spiro atoms. The molecule has 1 N–H and O–H groups in total. The zero-order chi connectivity index (χ0) is 25.3. The van der Waals surface area contributed by atoms with Gasteiger partial charge in [0.1, 0.15) is 5.69 Å². The maximum absolute atomic E-state index is 13.4. The molecular formula is C26H19Cl3N2O4. The Morgan fingerprint density at radius 1 is 0.914 bits per heavy atom. The molecule has 4 rings (SSSR count). The number of anilines is 1. The van der Waals surface area contributed by atoms with Crippen molar-refractivity contribution in [3.05, 3.63) is 97.8 Å². The first-order valence-electron chi connectivity index (χ1n) is 10.5. The molecule has 4 aromatic rings. The first-order chi connectivity index (χ1) is 16.7. The number of nitrogens with one attached hydrogen (secondary N) is 1. The van der Waals surface area contributed by atoms with Gasteiger partial charge in [0.2, 0.25) is 0 Å². The SMILES string of the molecule is CC(OC(=O)c1c(-c2ccc(Cl)cc2)c2ccccc2c(=O)n1C)C(=O)Nc1cc(Cl)ccc1Cl. The number of amides is 1. The largest absolute Gasteiger partial charge is 0.448 e. The molecule has 1 aromatic heterocycles. The molecule has 1 amide bonds. The summed E-state index contributed by atoms with van der Waals surface area (Å²) in [6.45, 7) is 1.42. The van der Waals surface area contributed by atoms with Crippen molar-refractivity contribution >= 4 is 63.1 Å². The molecule has 0 aliphatic carbocycles. The van der Waals surface area contributed by atoms with Crippen molar-refractivity contribution in [2.75, 3.05) is 5.32 Å². The number of carbonyl (C=O) groups excluding carboxylic acids is 2. The van der Waals surface area contributed by atoms with E-state index < -0.39 is 18.0 Å². The number of pyridine rings is 1. The second kappa shape index (κ2) is 10.1. The number of ether oxygens (including phenoxy) is 1. The zero-order valence-corrected chi connectivity index (χ0v) is 20.9. The summed E-state index contributed by atoms with van der Waals surface area (Å²) in [6, 6.07) is 18.5. The third-order valence-corrected chi connectivity index (χ3v) is 6.29. The lowest BCUT2D eigenvalue weighted by Crippen LogP contribution is -2.33. The summed E-state index contributed by atoms with van der Waals surface area (Å²) in [6.07, 6.45) is -1.20. The van der Waals surface area contributed by atoms with Gasteiger partial charge in [-0.05, 0) is 54.3 Å². The van der Waals surface area contributed by atoms with Crippen LogP contribution in [-0.4, -0.2) is 22.5 Å². The summed E-state index contributed by atoms with van der Waals surface area (Å²) in [4.78, 5) is 39.2. The second-order valence-electron chi connectivity index (χ2n) is 7.80. The average Bonchev–Trinajstić information content (AvgIpc) is 2.84. The van der Waals surface area contributed by atoms with Crippen molar-refractivity contribution in [3.63, 3.8) is 0 Å². The highest BCUT2D eigenvalue weighted by Gasteiger charge is 2.26. The number of fused-ring (bicyclic) bond motifs is 1. The first kappa shape index (κ1) is 24.8. The first-order valence-corrected chi connectivity index (χ1v) is 11.7. The Morgan fingerprint density at radius 3 is 2.23 bits per heavy atom. The summed E-state index contributed by atoms with van der Waals surface area (Å²) in [7, 11) is 1.49. The molecule has 0 bridgehead atoms. The molecule has 3 aromatic carbocycles. The fourth-order valence-electron chi connectivity index (χ4n) is 3.71. The van der Waals surface area contributed by atoms with Gasteiger partial charge >= 0.3 is 5.97 Å². The second-order valence-corrected chi connectivity index (χ2v) is 9.08. The lowest BCUT2D eigenvalue weighted by atomic mass is 9.96. The van der Waals surface area contributed by atoms with Gasteiger partial charge in [-0.1, -0.05) is 65.1 Å². The van der Waals surface area contributed by atoms with Crippen LogP contribution in [0.4, 0.5) is 5.69 Å². The Balaban J connectivity index is 1.74. The van der Waals surface area contributed by atoms with E-state index in [0.29, 0.717) is 31.9 Å². The van der Waals surface area contributed by atoms with Gasteiger partial charge < -0.3 is 14.6 Å². The van der Waals surface area contributed by atoms with Crippen LogP contribution in [-0.2, 0) is 16.6 Å². The summed E-state index contributed by atoms with van der Waals surface area (Å²) in [5.74, 6) is -1.44. The number of halogens is 3. The van der Waals surface area contributed by atoms with Crippen LogP contribution in [0.1, 0.15) is 17.4 Å². The molecule has 0 aliphatic rings. The van der Waals surface area contributed by atoms with Crippen LogP contribution >= 0.6 is 34.8 Å². The Hall–Kier alpha value is -3.32. The standard InChI is InChI=1S/C26H19Cl3N2O4/c1-14(24(32)30-21-13-17(28)11-12-20(21)29)35-26(34)23-22(15-7-9-16(27)10-8-15)18-5-3-4-6-19(18)25(33)31(23)2/h3-14H,1-2H3,(H,30,32). The molecule has 9 heteroatoms. The van der Waals surface area contributed by atoms with Crippen LogP contribution in [0.5, 0.6) is 0 Å². The van der Waals surface area contributed by atoms with E-state index in [-0.39, 0.29) is 22.0 Å². The maximum Gasteiger partial charge on any atom is 0.356 e. The van der Waals surface area contributed by atoms with Crippen LogP contribution < -0.4 is 10.9 Å². The van der Waals surface area contributed by atoms with Gasteiger partial charge in [0.15, 0.2) is 6.10 Å². The molecule has 1 heterocycles. The molecule has 0 saturated carbocycles. The monoisotopic (exact) mass is 528 g/mol. The van der Waals surface area contributed by atoms with E-state index in [0.717, 1.165) is 0 Å². The summed E-state index contributed by atoms with van der Waals surface area (Å²) >= 11 is 18.1. The van der Waals surface area contributed by atoms with Crippen molar-refractivity contribution in [3.8, 4) is 11.1 Å². The van der Waals surface area contributed by atoms with Crippen LogP contribution in [0.3, 0.4) is 0 Å². The predicted octanol–water partition coefficient (Wildman–Crippen LogP) is 6.35. The molecule has 6 nitrogen and oxygen atoms in total. The number of hydrogen-bond acceptors (Lipinski definition) is 4. The average molecular weight is 530 g/mol. The lowest BCUT2D eigenvalue weighted by molar-refractivity contribution is -0.123. The molecule has 1 atom stereocenters. The molecule has 0 radical (unpaired) electrons. The highest BCUT2D eigenvalue weighted by molar-refractivity contribution is 6.35. The van der Waals surface area contributed by atoms with Crippen LogP contribution in [0.25, 0.3) is 21.9 Å². The Kier molecular flexibility index (Phi) is 7.17. The quantitative estimate of drug-likeness (QED) is 0.306. The number of esters is 1. The molecule has 35 heavy (non-hydrogen) atoms. The van der Waals surface area contributed by atoms with Gasteiger partial charge in [0.05, 0.1) is 10.7 Å². The Bertz CT molecular complexity index is 1510. The van der Waals surface area contributed by atoms with Gasteiger partial charge in [-0.25, -0.2) is 4.79 Å². The van der Waals surface area contributed by atoms with E-state index in [1.165, 1.54) is 24.6 Å². The van der Waals surface area contributed by atoms with Gasteiger partial charge in [-0.15, -0.1) is 0 Å². The fourth-order valence-corrected chi connectivity index (χ4v) is 4.17. The van der Waals surface area contributed by atoms with Crippen molar-refractivity contribution in [1.82, 2.24) is 4.57 Å². The highest BCUT2D eigenvalue weighted by Crippen LogP contribution is 2.32. The van der Waals surface area contributed by atoms with Gasteiger partial charge in [0, 0.05) is 28.0 Å². The summed E-state index contributed by atoms with van der Waals surface area (Å²) in [5, 5.41) is 4.81. The number of carbonyl (C=O) groups is 2. The summed E-state index contributed by atoms with van der Waals surface area (Å²) < 4.78 is 6.73. The van der Waals surface area contributed by atoms with Crippen molar-refractivity contribution in [1.29, 1.82) is 0 Å². The van der Waals surface area contributed by atoms with E-state index in [4.69, 9.17) is 39.5 Å². The topological polar surface area (TPSA) is 77.4 Å². The summed E-state index contributed by atoms with van der Waals surface area (Å²) in [5.41, 5.74) is 1.09. The highest BCUT2D eigenvalue weighted by atomic mass is 35.5. The molecule has 0 saturated heterocycles. The van der Waals surface area contributed by atoms with Crippen molar-refractivity contribution in [2.24, 2.45) is 7.05 Å². The minimum Gasteiger partial charge on any atom is -0.448 e. The number of rotatable bonds is 5. The third kappa shape index (κ3) is 5.05. The Morgan fingerprint density at radius 2 is 1.54 bits per heavy atom. The molecule has 1 unspecified atom stereocenters.